The fraction of sp³-hybridized carbons (Fsp3) is 0.308. The summed E-state index contributed by atoms with van der Waals surface area (Å²) in [7, 11) is 0. The number of carbonyl (C=O) groups excluding carboxylic acids is 1. The van der Waals surface area contributed by atoms with E-state index in [1.54, 1.807) is 6.07 Å². The molecule has 0 spiro atoms. The Balaban J connectivity index is 2.70. The van der Waals surface area contributed by atoms with E-state index in [-0.39, 0.29) is 12.2 Å². The van der Waals surface area contributed by atoms with Crippen LogP contribution in [-0.4, -0.2) is 19.1 Å². The summed E-state index contributed by atoms with van der Waals surface area (Å²) in [5.74, 6) is 4.83. The van der Waals surface area contributed by atoms with E-state index in [1.165, 1.54) is 12.1 Å². The second-order valence-corrected chi connectivity index (χ2v) is 3.58. The van der Waals surface area contributed by atoms with Gasteiger partial charge in [-0.1, -0.05) is 18.8 Å². The van der Waals surface area contributed by atoms with Crippen molar-refractivity contribution in [2.24, 2.45) is 5.73 Å². The number of urea groups is 1. The number of carbonyl (C=O) groups is 1. The maximum absolute atomic E-state index is 13.6. The highest BCUT2D eigenvalue weighted by molar-refractivity contribution is 5.89. The Morgan fingerprint density at radius 1 is 1.50 bits per heavy atom. The quantitative estimate of drug-likeness (QED) is 0.713. The van der Waals surface area contributed by atoms with E-state index in [2.05, 4.69) is 22.5 Å². The average Bonchev–Trinajstić information content (AvgIpc) is 2.36. The maximum Gasteiger partial charge on any atom is 0.319 e. The number of amides is 2. The molecule has 0 aromatic heterocycles. The predicted octanol–water partition coefficient (Wildman–Crippen LogP) is 1.67. The van der Waals surface area contributed by atoms with Crippen molar-refractivity contribution in [3.63, 3.8) is 0 Å². The molecule has 0 saturated carbocycles. The van der Waals surface area contributed by atoms with Crippen LogP contribution in [0.1, 0.15) is 18.9 Å². The Hall–Kier alpha value is -2.06. The zero-order valence-corrected chi connectivity index (χ0v) is 10.2. The van der Waals surface area contributed by atoms with Gasteiger partial charge >= 0.3 is 6.03 Å². The first-order chi connectivity index (χ1) is 8.67. The Labute approximate surface area is 106 Å². The fourth-order valence-corrected chi connectivity index (χ4v) is 1.25. The predicted molar refractivity (Wildman–Crippen MR) is 69.6 cm³/mol. The van der Waals surface area contributed by atoms with Crippen molar-refractivity contribution in [3.8, 4) is 11.8 Å². The lowest BCUT2D eigenvalue weighted by molar-refractivity contribution is 0.252. The fourth-order valence-electron chi connectivity index (χ4n) is 1.25. The molecule has 0 aliphatic rings. The normalized spacial score (nSPS) is 9.28. The Morgan fingerprint density at radius 3 is 2.89 bits per heavy atom. The van der Waals surface area contributed by atoms with Crippen LogP contribution in [0.15, 0.2) is 18.2 Å². The molecule has 0 saturated heterocycles. The summed E-state index contributed by atoms with van der Waals surface area (Å²) in [4.78, 5) is 11.3. The largest absolute Gasteiger partial charge is 0.338 e. The summed E-state index contributed by atoms with van der Waals surface area (Å²) >= 11 is 0. The molecular formula is C13H16FN3O. The number of nitrogens with one attached hydrogen (secondary N) is 2. The van der Waals surface area contributed by atoms with Gasteiger partial charge in [0.2, 0.25) is 0 Å². The van der Waals surface area contributed by atoms with Crippen molar-refractivity contribution in [2.75, 3.05) is 18.4 Å². The number of rotatable bonds is 3. The molecule has 0 fully saturated rings. The molecule has 2 amide bonds. The van der Waals surface area contributed by atoms with Crippen LogP contribution in [0, 0.1) is 17.7 Å². The molecule has 1 aromatic rings. The van der Waals surface area contributed by atoms with E-state index in [9.17, 15) is 9.18 Å². The standard InChI is InChI=1S/C13H16FN3O/c1-2-8-16-13(18)17-12-6-5-10(4-3-7-15)9-11(12)14/h5-6,9H,2,7-8,15H2,1H3,(H2,16,17,18). The minimum atomic E-state index is -0.523. The molecule has 1 aromatic carbocycles. The Bertz CT molecular complexity index is 477. The summed E-state index contributed by atoms with van der Waals surface area (Å²) < 4.78 is 13.6. The van der Waals surface area contributed by atoms with Gasteiger partial charge in [-0.05, 0) is 24.6 Å². The average molecular weight is 249 g/mol. The molecule has 0 aliphatic carbocycles. The summed E-state index contributed by atoms with van der Waals surface area (Å²) in [6, 6.07) is 3.94. The molecule has 0 unspecified atom stereocenters. The van der Waals surface area contributed by atoms with E-state index in [0.29, 0.717) is 12.1 Å². The monoisotopic (exact) mass is 249 g/mol. The van der Waals surface area contributed by atoms with Gasteiger partial charge in [-0.2, -0.15) is 0 Å². The third-order valence-corrected chi connectivity index (χ3v) is 2.09. The van der Waals surface area contributed by atoms with Crippen LogP contribution < -0.4 is 16.4 Å². The van der Waals surface area contributed by atoms with E-state index in [1.807, 2.05) is 6.92 Å². The number of anilines is 1. The lowest BCUT2D eigenvalue weighted by Gasteiger charge is -2.07. The van der Waals surface area contributed by atoms with Gasteiger partial charge < -0.3 is 16.4 Å². The SMILES string of the molecule is CCCNC(=O)Nc1ccc(C#CCN)cc1F. The molecule has 0 atom stereocenters. The van der Waals surface area contributed by atoms with Crippen molar-refractivity contribution in [2.45, 2.75) is 13.3 Å². The van der Waals surface area contributed by atoms with Gasteiger partial charge in [-0.3, -0.25) is 0 Å². The smallest absolute Gasteiger partial charge is 0.319 e. The lowest BCUT2D eigenvalue weighted by Crippen LogP contribution is -2.29. The zero-order valence-electron chi connectivity index (χ0n) is 10.2. The molecule has 0 bridgehead atoms. The number of nitrogens with two attached hydrogens (primary N) is 1. The first-order valence-corrected chi connectivity index (χ1v) is 5.70. The van der Waals surface area contributed by atoms with Crippen molar-refractivity contribution in [1.29, 1.82) is 0 Å². The van der Waals surface area contributed by atoms with Crippen LogP contribution in [0.4, 0.5) is 14.9 Å². The number of benzene rings is 1. The summed E-state index contributed by atoms with van der Waals surface area (Å²) in [6.07, 6.45) is 0.823. The minimum absolute atomic E-state index is 0.127. The zero-order chi connectivity index (χ0) is 13.4. The molecule has 0 heterocycles. The Morgan fingerprint density at radius 2 is 2.28 bits per heavy atom. The van der Waals surface area contributed by atoms with Crippen molar-refractivity contribution < 1.29 is 9.18 Å². The second-order valence-electron chi connectivity index (χ2n) is 3.58. The minimum Gasteiger partial charge on any atom is -0.338 e. The van der Waals surface area contributed by atoms with Gasteiger partial charge in [0, 0.05) is 12.1 Å². The van der Waals surface area contributed by atoms with Gasteiger partial charge in [-0.15, -0.1) is 0 Å². The van der Waals surface area contributed by atoms with Crippen LogP contribution in [0.25, 0.3) is 0 Å². The van der Waals surface area contributed by atoms with Crippen molar-refractivity contribution >= 4 is 11.7 Å². The van der Waals surface area contributed by atoms with Crippen molar-refractivity contribution in [1.82, 2.24) is 5.32 Å². The number of halogens is 1. The molecule has 96 valence electrons. The summed E-state index contributed by atoms with van der Waals surface area (Å²) in [5.41, 5.74) is 5.88. The molecule has 18 heavy (non-hydrogen) atoms. The highest BCUT2D eigenvalue weighted by Crippen LogP contribution is 2.15. The second kappa shape index (κ2) is 7.30. The number of hydrogen-bond acceptors (Lipinski definition) is 2. The van der Waals surface area contributed by atoms with Crippen LogP contribution in [0.2, 0.25) is 0 Å². The highest BCUT2D eigenvalue weighted by Gasteiger charge is 2.06. The highest BCUT2D eigenvalue weighted by atomic mass is 19.1. The van der Waals surface area contributed by atoms with Gasteiger partial charge in [0.05, 0.1) is 12.2 Å². The molecule has 1 rings (SSSR count). The molecule has 0 aliphatic heterocycles. The summed E-state index contributed by atoms with van der Waals surface area (Å²) in [5, 5.41) is 5.03. The van der Waals surface area contributed by atoms with Crippen LogP contribution >= 0.6 is 0 Å². The first-order valence-electron chi connectivity index (χ1n) is 5.70. The number of hydrogen-bond donors (Lipinski definition) is 3. The van der Waals surface area contributed by atoms with E-state index in [0.717, 1.165) is 6.42 Å². The van der Waals surface area contributed by atoms with E-state index < -0.39 is 11.8 Å². The van der Waals surface area contributed by atoms with Gasteiger partial charge in [-0.25, -0.2) is 9.18 Å². The Kier molecular flexibility index (Phi) is 5.68. The van der Waals surface area contributed by atoms with Crippen LogP contribution in [0.3, 0.4) is 0 Å². The molecule has 4 N–H and O–H groups in total. The van der Waals surface area contributed by atoms with Gasteiger partial charge in [0.1, 0.15) is 5.82 Å². The molecular weight excluding hydrogens is 233 g/mol. The van der Waals surface area contributed by atoms with Gasteiger partial charge in [0.15, 0.2) is 0 Å². The van der Waals surface area contributed by atoms with Crippen LogP contribution in [0.5, 0.6) is 0 Å². The van der Waals surface area contributed by atoms with Gasteiger partial charge in [0.25, 0.3) is 0 Å². The third-order valence-electron chi connectivity index (χ3n) is 2.09. The summed E-state index contributed by atoms with van der Waals surface area (Å²) in [6.45, 7) is 2.71. The molecule has 5 heteroatoms. The molecule has 4 nitrogen and oxygen atoms in total. The molecule has 0 radical (unpaired) electrons. The van der Waals surface area contributed by atoms with E-state index in [4.69, 9.17) is 5.73 Å². The maximum atomic E-state index is 13.6. The first kappa shape index (κ1) is 14.0. The van der Waals surface area contributed by atoms with Crippen molar-refractivity contribution in [3.05, 3.63) is 29.6 Å². The van der Waals surface area contributed by atoms with E-state index >= 15 is 0 Å². The lowest BCUT2D eigenvalue weighted by atomic mass is 10.2. The van der Waals surface area contributed by atoms with Crippen LogP contribution in [-0.2, 0) is 0 Å². The third kappa shape index (κ3) is 4.44. The topological polar surface area (TPSA) is 67.2 Å².